The highest BCUT2D eigenvalue weighted by atomic mass is 28.4. The van der Waals surface area contributed by atoms with E-state index in [1.54, 1.807) is 7.11 Å². The number of Topliss-reactive ketones (excluding diaryl/α,β-unsaturated/α-hetero) is 1. The van der Waals surface area contributed by atoms with E-state index in [4.69, 9.17) is 27.5 Å². The van der Waals surface area contributed by atoms with Crippen LogP contribution in [0.1, 0.15) is 121 Å². The fourth-order valence-corrected chi connectivity index (χ4v) is 15.8. The zero-order chi connectivity index (χ0) is 45.9. The second-order valence-electron chi connectivity index (χ2n) is 18.7. The van der Waals surface area contributed by atoms with Crippen LogP contribution in [0.3, 0.4) is 0 Å². The molecule has 0 aromatic heterocycles. The summed E-state index contributed by atoms with van der Waals surface area (Å²) in [5.74, 6) is 0.515. The Morgan fingerprint density at radius 2 is 1.40 bits per heavy atom. The van der Waals surface area contributed by atoms with Crippen LogP contribution in [0.5, 0.6) is 5.75 Å². The molecule has 0 heterocycles. The number of ether oxygens (including phenoxy) is 3. The maximum atomic E-state index is 14.9. The Kier molecular flexibility index (Phi) is 24.9. The first-order valence-corrected chi connectivity index (χ1v) is 31.5. The molecular weight excluding hydrogens is 805 g/mol. The third-order valence-electron chi connectivity index (χ3n) is 12.6. The second-order valence-corrected chi connectivity index (χ2v) is 32.6. The molecule has 1 rings (SSSR count). The summed E-state index contributed by atoms with van der Waals surface area (Å²) in [5.41, 5.74) is 2.01. The summed E-state index contributed by atoms with van der Waals surface area (Å²) in [7, 11) is -4.61. The quantitative estimate of drug-likeness (QED) is 0.0429. The lowest BCUT2D eigenvalue weighted by Gasteiger charge is -2.43. The number of aliphatic hydroxyl groups is 1. The lowest BCUT2D eigenvalue weighted by atomic mass is 9.85. The summed E-state index contributed by atoms with van der Waals surface area (Å²) >= 11 is 0. The third-order valence-corrected chi connectivity index (χ3v) is 23.1. The summed E-state index contributed by atoms with van der Waals surface area (Å²) in [5, 5.41) is 12.1. The van der Waals surface area contributed by atoms with Crippen LogP contribution in [0, 0.1) is 11.8 Å². The van der Waals surface area contributed by atoms with E-state index in [0.717, 1.165) is 71.6 Å². The van der Waals surface area contributed by atoms with Crippen LogP contribution < -0.4 is 4.74 Å². The predicted molar refractivity (Wildman–Crippen MR) is 256 cm³/mol. The van der Waals surface area contributed by atoms with Crippen molar-refractivity contribution in [3.8, 4) is 5.75 Å². The Balaban J connectivity index is 3.71. The molecule has 7 atom stereocenters. The van der Waals surface area contributed by atoms with Crippen LogP contribution in [0.25, 0.3) is 0 Å². The number of allylic oxidation sites excluding steroid dienone is 2. The SMILES string of the molecule is C=C(/C=C(\C)[C@@](C)(C[C@H](O)CC(=O)[C@H](OCc1ccc(OC)cc1)[C@@H](O[Si](CC)(CC)CC)[C@H](C)C[C@H](C)O[Si](C)(C)C)O[Si](CC)(CC)CC)C[C@@H](C)CCOC(C)=O. The normalized spacial score (nSPS) is 16.9. The van der Waals surface area contributed by atoms with Gasteiger partial charge >= 0.3 is 5.97 Å². The highest BCUT2D eigenvalue weighted by Gasteiger charge is 2.44. The van der Waals surface area contributed by atoms with E-state index in [-0.39, 0.29) is 49.1 Å². The molecule has 0 aliphatic carbocycles. The maximum Gasteiger partial charge on any atom is 0.302 e. The number of hydrogen-bond acceptors (Lipinski definition) is 9. The largest absolute Gasteiger partial charge is 0.497 e. The highest BCUT2D eigenvalue weighted by Crippen LogP contribution is 2.38. The van der Waals surface area contributed by atoms with E-state index in [2.05, 4.69) is 108 Å². The van der Waals surface area contributed by atoms with E-state index >= 15 is 0 Å². The molecule has 9 nitrogen and oxygen atoms in total. The van der Waals surface area contributed by atoms with Gasteiger partial charge in [-0.3, -0.25) is 9.59 Å². The van der Waals surface area contributed by atoms with Gasteiger partial charge < -0.3 is 32.6 Å². The molecule has 346 valence electrons. The molecule has 0 spiro atoms. The fraction of sp³-hybridized carbons (Fsp3) is 0.750. The number of carbonyl (C=O) groups is 2. The van der Waals surface area contributed by atoms with Gasteiger partial charge in [-0.1, -0.05) is 85.8 Å². The minimum Gasteiger partial charge on any atom is -0.497 e. The van der Waals surface area contributed by atoms with Gasteiger partial charge in [0.15, 0.2) is 30.7 Å². The topological polar surface area (TPSA) is 110 Å². The number of methoxy groups -OCH3 is 1. The van der Waals surface area contributed by atoms with Crippen molar-refractivity contribution in [2.45, 2.75) is 208 Å². The Labute approximate surface area is 370 Å². The van der Waals surface area contributed by atoms with Crippen molar-refractivity contribution >= 4 is 36.7 Å². The summed E-state index contributed by atoms with van der Waals surface area (Å²) in [4.78, 5) is 26.2. The van der Waals surface area contributed by atoms with Gasteiger partial charge in [-0.15, -0.1) is 0 Å². The van der Waals surface area contributed by atoms with Crippen molar-refractivity contribution in [2.75, 3.05) is 13.7 Å². The van der Waals surface area contributed by atoms with Crippen molar-refractivity contribution in [3.05, 3.63) is 53.6 Å². The molecule has 60 heavy (non-hydrogen) atoms. The molecule has 0 unspecified atom stereocenters. The highest BCUT2D eigenvalue weighted by molar-refractivity contribution is 6.74. The Morgan fingerprint density at radius 1 is 0.850 bits per heavy atom. The number of hydrogen-bond donors (Lipinski definition) is 1. The molecule has 0 saturated carbocycles. The molecule has 0 saturated heterocycles. The number of benzene rings is 1. The molecular formula is C48H88O9Si3. The Bertz CT molecular complexity index is 1440. The van der Waals surface area contributed by atoms with Crippen molar-refractivity contribution < 1.29 is 42.2 Å². The van der Waals surface area contributed by atoms with E-state index in [9.17, 15) is 14.7 Å². The molecule has 1 aromatic carbocycles. The van der Waals surface area contributed by atoms with E-state index in [1.807, 2.05) is 24.3 Å². The average Bonchev–Trinajstić information content (AvgIpc) is 3.17. The average molecular weight is 893 g/mol. The first kappa shape index (κ1) is 56.1. The monoisotopic (exact) mass is 893 g/mol. The lowest BCUT2D eigenvalue weighted by molar-refractivity contribution is -0.144. The third kappa shape index (κ3) is 19.2. The van der Waals surface area contributed by atoms with Gasteiger partial charge in [-0.2, -0.15) is 0 Å². The summed E-state index contributed by atoms with van der Waals surface area (Å²) in [6.07, 6.45) is 2.01. The molecule has 1 aromatic rings. The zero-order valence-corrected chi connectivity index (χ0v) is 44.0. The van der Waals surface area contributed by atoms with E-state index < -0.39 is 48.9 Å². The lowest BCUT2D eigenvalue weighted by Crippen LogP contribution is -2.51. The summed E-state index contributed by atoms with van der Waals surface area (Å²) < 4.78 is 38.4. The zero-order valence-electron chi connectivity index (χ0n) is 41.0. The molecule has 0 bridgehead atoms. The first-order chi connectivity index (χ1) is 28.0. The van der Waals surface area contributed by atoms with E-state index in [1.165, 1.54) is 6.92 Å². The molecule has 0 aliphatic rings. The first-order valence-electron chi connectivity index (χ1n) is 23.0. The van der Waals surface area contributed by atoms with Crippen molar-refractivity contribution in [2.24, 2.45) is 11.8 Å². The smallest absolute Gasteiger partial charge is 0.302 e. The van der Waals surface area contributed by atoms with Crippen LogP contribution in [0.2, 0.25) is 55.9 Å². The van der Waals surface area contributed by atoms with Gasteiger partial charge in [-0.25, -0.2) is 0 Å². The van der Waals surface area contributed by atoms with Crippen LogP contribution in [-0.2, 0) is 38.9 Å². The second kappa shape index (κ2) is 26.7. The molecule has 0 amide bonds. The Hall–Kier alpha value is -1.91. The van der Waals surface area contributed by atoms with Crippen molar-refractivity contribution in [3.63, 3.8) is 0 Å². The Morgan fingerprint density at radius 3 is 1.88 bits per heavy atom. The molecule has 0 aliphatic heterocycles. The standard InChI is InChI=1S/C48H88O9Si3/c1-18-59(19-2,20-3)56-46(38(9)32-40(11)55-58(15,16)17)47(54-35-42-24-26-44(52-14)27-25-42)45(51)33-43(50)34-48(13,57-60(21-4,22-5)23-6)39(10)31-37(8)30-36(7)28-29-53-41(12)49/h24-27,31,36,38,40,43,46-47,50H,8,18-23,28-30,32-35H2,1-7,9-17H3/b39-31+/t36-,38+,40-,43+,46-,47-,48+/m0/s1. The van der Waals surface area contributed by atoms with Gasteiger partial charge in [-0.05, 0) is 131 Å². The number of ketones is 1. The number of carbonyl (C=O) groups excluding carboxylic acids is 2. The predicted octanol–water partition coefficient (Wildman–Crippen LogP) is 12.2. The molecule has 1 N–H and O–H groups in total. The number of esters is 1. The van der Waals surface area contributed by atoms with Gasteiger partial charge in [0.2, 0.25) is 0 Å². The minimum absolute atomic E-state index is 0.0130. The summed E-state index contributed by atoms with van der Waals surface area (Å²) in [6.45, 7) is 36.8. The number of rotatable bonds is 32. The van der Waals surface area contributed by atoms with Crippen LogP contribution in [-0.4, -0.2) is 85.5 Å². The van der Waals surface area contributed by atoms with E-state index in [0.29, 0.717) is 13.0 Å². The molecule has 12 heteroatoms. The van der Waals surface area contributed by atoms with Gasteiger partial charge in [0.25, 0.3) is 0 Å². The molecule has 0 radical (unpaired) electrons. The maximum absolute atomic E-state index is 14.9. The minimum atomic E-state index is -2.24. The van der Waals surface area contributed by atoms with Crippen molar-refractivity contribution in [1.29, 1.82) is 0 Å². The van der Waals surface area contributed by atoms with Gasteiger partial charge in [0.1, 0.15) is 11.9 Å². The number of aliphatic hydroxyl groups excluding tert-OH is 1. The summed E-state index contributed by atoms with van der Waals surface area (Å²) in [6, 6.07) is 13.3. The van der Waals surface area contributed by atoms with Crippen LogP contribution in [0.4, 0.5) is 0 Å². The van der Waals surface area contributed by atoms with Crippen LogP contribution in [0.15, 0.2) is 48.1 Å². The molecule has 0 fully saturated rings. The van der Waals surface area contributed by atoms with Gasteiger partial charge in [0.05, 0.1) is 38.1 Å². The fourth-order valence-electron chi connectivity index (χ4n) is 8.42. The van der Waals surface area contributed by atoms with Crippen LogP contribution >= 0.6 is 0 Å². The van der Waals surface area contributed by atoms with Crippen molar-refractivity contribution in [1.82, 2.24) is 0 Å². The van der Waals surface area contributed by atoms with Gasteiger partial charge in [0, 0.05) is 25.9 Å².